The van der Waals surface area contributed by atoms with Crippen molar-refractivity contribution in [3.8, 4) is 0 Å². The molecule has 0 aliphatic carbocycles. The zero-order valence-corrected chi connectivity index (χ0v) is 10.7. The molecule has 1 heterocycles. The van der Waals surface area contributed by atoms with E-state index in [-0.39, 0.29) is 17.7 Å². The molecule has 1 unspecified atom stereocenters. The van der Waals surface area contributed by atoms with Gasteiger partial charge >= 0.3 is 0 Å². The maximum atomic E-state index is 11.6. The Hall–Kier alpha value is -0.190. The number of rotatable bonds is 4. The van der Waals surface area contributed by atoms with Crippen molar-refractivity contribution in [3.63, 3.8) is 0 Å². The van der Waals surface area contributed by atoms with E-state index in [0.29, 0.717) is 6.42 Å². The average Bonchev–Trinajstić information content (AvgIpc) is 2.49. The summed E-state index contributed by atoms with van der Waals surface area (Å²) in [6.07, 6.45) is 0.454. The van der Waals surface area contributed by atoms with Gasteiger partial charge in [0.05, 0.1) is 6.04 Å². The Morgan fingerprint density at radius 2 is 2.29 bits per heavy atom. The van der Waals surface area contributed by atoms with E-state index in [2.05, 4.69) is 15.9 Å². The second-order valence-electron chi connectivity index (χ2n) is 3.64. The first-order valence-electron chi connectivity index (χ1n) is 4.52. The second-order valence-corrected chi connectivity index (χ2v) is 5.56. The van der Waals surface area contributed by atoms with Crippen LogP contribution in [0.1, 0.15) is 18.7 Å². The largest absolute Gasteiger partial charge is 0.321 e. The van der Waals surface area contributed by atoms with Crippen LogP contribution in [0.25, 0.3) is 0 Å². The molecule has 0 aliphatic rings. The van der Waals surface area contributed by atoms with Crippen LogP contribution in [-0.2, 0) is 11.2 Å². The van der Waals surface area contributed by atoms with Crippen molar-refractivity contribution in [2.45, 2.75) is 26.3 Å². The Bertz CT molecular complexity index is 322. The molecule has 0 bridgehead atoms. The summed E-state index contributed by atoms with van der Waals surface area (Å²) < 4.78 is 1.03. The molecule has 0 radical (unpaired) electrons. The van der Waals surface area contributed by atoms with E-state index >= 15 is 0 Å². The number of hydrogen-bond donors (Lipinski definition) is 1. The van der Waals surface area contributed by atoms with Crippen LogP contribution in [0.15, 0.2) is 15.9 Å². The summed E-state index contributed by atoms with van der Waals surface area (Å²) in [5.74, 6) is 0.334. The van der Waals surface area contributed by atoms with Gasteiger partial charge in [0, 0.05) is 21.2 Å². The minimum atomic E-state index is -0.337. The molecule has 1 atom stereocenters. The highest BCUT2D eigenvalue weighted by molar-refractivity contribution is 9.10. The van der Waals surface area contributed by atoms with E-state index in [1.165, 1.54) is 0 Å². The molecule has 14 heavy (non-hydrogen) atoms. The van der Waals surface area contributed by atoms with Crippen molar-refractivity contribution in [3.05, 3.63) is 20.8 Å². The molecule has 0 saturated heterocycles. The smallest absolute Gasteiger partial charge is 0.154 e. The van der Waals surface area contributed by atoms with Crippen LogP contribution in [0, 0.1) is 5.92 Å². The molecule has 1 aromatic heterocycles. The summed E-state index contributed by atoms with van der Waals surface area (Å²) >= 11 is 4.94. The van der Waals surface area contributed by atoms with Crippen molar-refractivity contribution in [1.29, 1.82) is 0 Å². The summed E-state index contributed by atoms with van der Waals surface area (Å²) in [5, 5.41) is 1.98. The average molecular weight is 276 g/mol. The number of Topliss-reactive ketones (excluding diaryl/α,β-unsaturated/α-hetero) is 1. The van der Waals surface area contributed by atoms with Gasteiger partial charge < -0.3 is 5.73 Å². The van der Waals surface area contributed by atoms with E-state index < -0.39 is 0 Å². The predicted octanol–water partition coefficient (Wildman–Crippen LogP) is 2.61. The molecule has 0 aliphatic heterocycles. The Morgan fingerprint density at radius 3 is 2.71 bits per heavy atom. The first-order chi connectivity index (χ1) is 6.50. The third-order valence-electron chi connectivity index (χ3n) is 2.06. The topological polar surface area (TPSA) is 43.1 Å². The van der Waals surface area contributed by atoms with Gasteiger partial charge in [0.1, 0.15) is 0 Å². The summed E-state index contributed by atoms with van der Waals surface area (Å²) in [4.78, 5) is 12.7. The number of nitrogens with two attached hydrogens (primary N) is 1. The quantitative estimate of drug-likeness (QED) is 0.918. The van der Waals surface area contributed by atoms with E-state index in [9.17, 15) is 4.79 Å². The molecule has 0 fully saturated rings. The van der Waals surface area contributed by atoms with Gasteiger partial charge in [-0.25, -0.2) is 0 Å². The molecule has 78 valence electrons. The molecule has 4 heteroatoms. The summed E-state index contributed by atoms with van der Waals surface area (Å²) in [7, 11) is 0. The molecule has 1 rings (SSSR count). The molecular weight excluding hydrogens is 262 g/mol. The van der Waals surface area contributed by atoms with Crippen LogP contribution in [0.5, 0.6) is 0 Å². The van der Waals surface area contributed by atoms with Crippen molar-refractivity contribution in [2.24, 2.45) is 11.7 Å². The van der Waals surface area contributed by atoms with Gasteiger partial charge in [-0.05, 0) is 27.9 Å². The second kappa shape index (κ2) is 5.05. The van der Waals surface area contributed by atoms with Crippen LogP contribution in [0.2, 0.25) is 0 Å². The lowest BCUT2D eigenvalue weighted by Gasteiger charge is -2.13. The molecule has 0 saturated carbocycles. The normalized spacial score (nSPS) is 13.2. The fraction of sp³-hybridized carbons (Fsp3) is 0.500. The first kappa shape index (κ1) is 11.9. The Balaban J connectivity index is 2.57. The fourth-order valence-electron chi connectivity index (χ4n) is 1.11. The van der Waals surface area contributed by atoms with Crippen LogP contribution in [0.3, 0.4) is 0 Å². The standard InChI is InChI=1S/C10H14BrNOS/c1-6(2)10(12)9(13)4-8-3-7(11)5-14-8/h3,5-6,10H,4,12H2,1-2H3. The van der Waals surface area contributed by atoms with Crippen LogP contribution >= 0.6 is 27.3 Å². The molecule has 2 nitrogen and oxygen atoms in total. The minimum Gasteiger partial charge on any atom is -0.321 e. The van der Waals surface area contributed by atoms with Gasteiger partial charge in [0.15, 0.2) is 5.78 Å². The Kier molecular flexibility index (Phi) is 4.29. The summed E-state index contributed by atoms with van der Waals surface area (Å²) in [6.45, 7) is 3.93. The predicted molar refractivity (Wildman–Crippen MR) is 63.5 cm³/mol. The Morgan fingerprint density at radius 1 is 1.64 bits per heavy atom. The lowest BCUT2D eigenvalue weighted by Crippen LogP contribution is -2.36. The van der Waals surface area contributed by atoms with Gasteiger partial charge in [-0.15, -0.1) is 11.3 Å². The maximum Gasteiger partial charge on any atom is 0.154 e. The lowest BCUT2D eigenvalue weighted by molar-refractivity contribution is -0.120. The van der Waals surface area contributed by atoms with Crippen LogP contribution in [-0.4, -0.2) is 11.8 Å². The van der Waals surface area contributed by atoms with Crippen LogP contribution in [0.4, 0.5) is 0 Å². The minimum absolute atomic E-state index is 0.120. The SMILES string of the molecule is CC(C)C(N)C(=O)Cc1cc(Br)cs1. The third kappa shape index (κ3) is 3.19. The monoisotopic (exact) mass is 275 g/mol. The van der Waals surface area contributed by atoms with Gasteiger partial charge in [0.25, 0.3) is 0 Å². The Labute approximate surface area is 96.6 Å². The van der Waals surface area contributed by atoms with Gasteiger partial charge in [0.2, 0.25) is 0 Å². The third-order valence-corrected chi connectivity index (χ3v) is 3.76. The molecule has 2 N–H and O–H groups in total. The van der Waals surface area contributed by atoms with E-state index in [0.717, 1.165) is 9.35 Å². The zero-order valence-electron chi connectivity index (χ0n) is 8.29. The highest BCUT2D eigenvalue weighted by Gasteiger charge is 2.17. The number of thiophene rings is 1. The summed E-state index contributed by atoms with van der Waals surface area (Å²) in [5.41, 5.74) is 5.76. The van der Waals surface area contributed by atoms with E-state index in [4.69, 9.17) is 5.73 Å². The van der Waals surface area contributed by atoms with Gasteiger partial charge in [-0.2, -0.15) is 0 Å². The number of halogens is 1. The summed E-state index contributed by atoms with van der Waals surface area (Å²) in [6, 6.07) is 1.63. The molecule has 1 aromatic rings. The fourth-order valence-corrected chi connectivity index (χ4v) is 2.57. The number of carbonyl (C=O) groups is 1. The highest BCUT2D eigenvalue weighted by Crippen LogP contribution is 2.20. The van der Waals surface area contributed by atoms with E-state index in [1.807, 2.05) is 25.3 Å². The number of ketones is 1. The van der Waals surface area contributed by atoms with Gasteiger partial charge in [-0.3, -0.25) is 4.79 Å². The van der Waals surface area contributed by atoms with Crippen molar-refractivity contribution >= 4 is 33.0 Å². The lowest BCUT2D eigenvalue weighted by atomic mass is 9.99. The zero-order chi connectivity index (χ0) is 10.7. The van der Waals surface area contributed by atoms with E-state index in [1.54, 1.807) is 11.3 Å². The number of carbonyl (C=O) groups excluding carboxylic acids is 1. The van der Waals surface area contributed by atoms with Gasteiger partial charge in [-0.1, -0.05) is 13.8 Å². The maximum absolute atomic E-state index is 11.6. The molecular formula is C10H14BrNOS. The van der Waals surface area contributed by atoms with Crippen molar-refractivity contribution in [2.75, 3.05) is 0 Å². The first-order valence-corrected chi connectivity index (χ1v) is 6.19. The molecule has 0 amide bonds. The number of hydrogen-bond acceptors (Lipinski definition) is 3. The van der Waals surface area contributed by atoms with Crippen molar-refractivity contribution in [1.82, 2.24) is 0 Å². The molecule has 0 aromatic carbocycles. The highest BCUT2D eigenvalue weighted by atomic mass is 79.9. The molecule has 0 spiro atoms. The van der Waals surface area contributed by atoms with Crippen molar-refractivity contribution < 1.29 is 4.79 Å². The van der Waals surface area contributed by atoms with Crippen LogP contribution < -0.4 is 5.73 Å².